The van der Waals surface area contributed by atoms with E-state index in [2.05, 4.69) is 39.0 Å². The van der Waals surface area contributed by atoms with Crippen LogP contribution in [-0.4, -0.2) is 5.78 Å². The normalized spacial score (nSPS) is 18.4. The molecule has 0 radical (unpaired) electrons. The van der Waals surface area contributed by atoms with Gasteiger partial charge in [0.1, 0.15) is 5.82 Å². The zero-order valence-electron chi connectivity index (χ0n) is 23.9. The Bertz CT molecular complexity index is 1660. The van der Waals surface area contributed by atoms with E-state index >= 15 is 0 Å². The Morgan fingerprint density at radius 2 is 1.73 bits per heavy atom. The van der Waals surface area contributed by atoms with Gasteiger partial charge in [0.25, 0.3) is 0 Å². The van der Waals surface area contributed by atoms with E-state index in [1.54, 1.807) is 23.9 Å². The van der Waals surface area contributed by atoms with Crippen LogP contribution in [0.3, 0.4) is 0 Å². The third-order valence-corrected chi connectivity index (χ3v) is 9.77. The number of Topliss-reactive ketones (excluding diaryl/α,β-unsaturated/α-hetero) is 1. The van der Waals surface area contributed by atoms with Crippen LogP contribution in [0, 0.1) is 37.5 Å². The quantitative estimate of drug-likeness (QED) is 0.295. The number of allylic oxidation sites excluding steroid dienone is 3. The van der Waals surface area contributed by atoms with Crippen molar-refractivity contribution in [2.24, 2.45) is 11.1 Å². The standard InChI is InChI=1S/C34H33Cl2N3OS/c1-19-6-9-24(10-7-19)39-28-15-34(4,5)16-29(40)32(28)31(26(17-37)33(39)38)25-13-22(20(2)12-21(25)3)18-41-30-14-23(35)8-11-27(30)36/h6-14,31H,15-16,18,38H2,1-5H3. The number of aryl methyl sites for hydroxylation is 3. The van der Waals surface area contributed by atoms with Crippen molar-refractivity contribution < 1.29 is 4.79 Å². The number of rotatable bonds is 5. The molecule has 41 heavy (non-hydrogen) atoms. The van der Waals surface area contributed by atoms with Gasteiger partial charge in [-0.3, -0.25) is 9.69 Å². The van der Waals surface area contributed by atoms with E-state index in [0.717, 1.165) is 44.1 Å². The van der Waals surface area contributed by atoms with Gasteiger partial charge in [-0.15, -0.1) is 11.8 Å². The highest BCUT2D eigenvalue weighted by Gasteiger charge is 2.45. The van der Waals surface area contributed by atoms with Crippen LogP contribution < -0.4 is 10.6 Å². The van der Waals surface area contributed by atoms with E-state index in [0.29, 0.717) is 45.6 Å². The van der Waals surface area contributed by atoms with E-state index < -0.39 is 5.92 Å². The molecule has 3 aromatic rings. The van der Waals surface area contributed by atoms with Crippen molar-refractivity contribution in [1.29, 1.82) is 5.26 Å². The smallest absolute Gasteiger partial charge is 0.162 e. The van der Waals surface area contributed by atoms with Gasteiger partial charge in [0.05, 0.1) is 22.6 Å². The lowest BCUT2D eigenvalue weighted by Crippen LogP contribution is -2.42. The first-order valence-electron chi connectivity index (χ1n) is 13.6. The molecule has 0 saturated heterocycles. The van der Waals surface area contributed by atoms with Crippen molar-refractivity contribution in [3.05, 3.63) is 115 Å². The van der Waals surface area contributed by atoms with Crippen LogP contribution >= 0.6 is 35.0 Å². The molecule has 1 aliphatic heterocycles. The number of halogens is 2. The fourth-order valence-corrected chi connectivity index (χ4v) is 7.49. The van der Waals surface area contributed by atoms with E-state index in [1.165, 1.54) is 0 Å². The minimum atomic E-state index is -0.528. The Morgan fingerprint density at radius 1 is 1.02 bits per heavy atom. The molecule has 1 heterocycles. The number of carbonyl (C=O) groups is 1. The lowest BCUT2D eigenvalue weighted by Gasteiger charge is -2.44. The maximum absolute atomic E-state index is 14.0. The molecule has 1 atom stereocenters. The van der Waals surface area contributed by atoms with Gasteiger partial charge in [-0.25, -0.2) is 0 Å². The molecule has 0 bridgehead atoms. The summed E-state index contributed by atoms with van der Waals surface area (Å²) in [4.78, 5) is 16.8. The molecule has 210 valence electrons. The lowest BCUT2D eigenvalue weighted by molar-refractivity contribution is -0.118. The topological polar surface area (TPSA) is 70.1 Å². The summed E-state index contributed by atoms with van der Waals surface area (Å²) in [5, 5.41) is 11.8. The molecule has 2 aliphatic rings. The molecule has 0 amide bonds. The lowest BCUT2D eigenvalue weighted by atomic mass is 9.68. The molecule has 2 N–H and O–H groups in total. The summed E-state index contributed by atoms with van der Waals surface area (Å²) in [5.74, 6) is 0.585. The summed E-state index contributed by atoms with van der Waals surface area (Å²) >= 11 is 14.3. The fourth-order valence-electron chi connectivity index (χ4n) is 5.93. The number of nitriles is 1. The first kappa shape index (κ1) is 29.3. The van der Waals surface area contributed by atoms with Crippen LogP contribution in [0.15, 0.2) is 82.2 Å². The van der Waals surface area contributed by atoms with Gasteiger partial charge < -0.3 is 5.73 Å². The van der Waals surface area contributed by atoms with Crippen LogP contribution in [0.25, 0.3) is 0 Å². The van der Waals surface area contributed by atoms with E-state index in [4.69, 9.17) is 28.9 Å². The van der Waals surface area contributed by atoms with Crippen LogP contribution in [0.4, 0.5) is 5.69 Å². The van der Waals surface area contributed by atoms with Gasteiger partial charge in [0.2, 0.25) is 0 Å². The number of hydrogen-bond acceptors (Lipinski definition) is 5. The number of benzene rings is 3. The predicted octanol–water partition coefficient (Wildman–Crippen LogP) is 9.15. The number of hydrogen-bond donors (Lipinski definition) is 1. The first-order chi connectivity index (χ1) is 19.4. The van der Waals surface area contributed by atoms with Crippen LogP contribution in [0.1, 0.15) is 60.4 Å². The van der Waals surface area contributed by atoms with Crippen LogP contribution in [0.5, 0.6) is 0 Å². The van der Waals surface area contributed by atoms with Gasteiger partial charge in [0.15, 0.2) is 5.78 Å². The largest absolute Gasteiger partial charge is 0.384 e. The van der Waals surface area contributed by atoms with Gasteiger partial charge >= 0.3 is 0 Å². The Balaban J connectivity index is 1.66. The summed E-state index contributed by atoms with van der Waals surface area (Å²) in [7, 11) is 0. The minimum absolute atomic E-state index is 0.0696. The van der Waals surface area contributed by atoms with Gasteiger partial charge in [-0.2, -0.15) is 5.26 Å². The summed E-state index contributed by atoms with van der Waals surface area (Å²) in [6.45, 7) is 10.4. The number of nitrogens with two attached hydrogens (primary N) is 1. The van der Waals surface area contributed by atoms with E-state index in [9.17, 15) is 10.1 Å². The molecule has 5 rings (SSSR count). The molecule has 1 aliphatic carbocycles. The second-order valence-corrected chi connectivity index (χ2v) is 13.7. The van der Waals surface area contributed by atoms with Gasteiger partial charge in [-0.05, 0) is 85.2 Å². The van der Waals surface area contributed by atoms with E-state index in [-0.39, 0.29) is 11.2 Å². The maximum atomic E-state index is 14.0. The molecule has 1 unspecified atom stereocenters. The zero-order valence-corrected chi connectivity index (χ0v) is 26.3. The molecule has 0 saturated carbocycles. The molecule has 4 nitrogen and oxygen atoms in total. The number of nitrogens with zero attached hydrogens (tertiary/aromatic N) is 2. The fraction of sp³-hybridized carbons (Fsp3) is 0.294. The maximum Gasteiger partial charge on any atom is 0.162 e. The van der Waals surface area contributed by atoms with Crippen molar-refractivity contribution in [2.45, 2.75) is 64.0 Å². The molecule has 3 aromatic carbocycles. The minimum Gasteiger partial charge on any atom is -0.384 e. The summed E-state index contributed by atoms with van der Waals surface area (Å²) in [6, 6.07) is 20.2. The van der Waals surface area contributed by atoms with Crippen LogP contribution in [-0.2, 0) is 10.5 Å². The highest BCUT2D eigenvalue weighted by atomic mass is 35.5. The van der Waals surface area contributed by atoms with Crippen molar-refractivity contribution in [2.75, 3.05) is 4.90 Å². The highest BCUT2D eigenvalue weighted by Crippen LogP contribution is 2.51. The third-order valence-electron chi connectivity index (χ3n) is 7.99. The molecular weight excluding hydrogens is 569 g/mol. The van der Waals surface area contributed by atoms with Crippen molar-refractivity contribution >= 4 is 46.4 Å². The summed E-state index contributed by atoms with van der Waals surface area (Å²) in [5.41, 5.74) is 14.8. The molecule has 0 spiro atoms. The van der Waals surface area contributed by atoms with Crippen molar-refractivity contribution in [3.8, 4) is 6.07 Å². The monoisotopic (exact) mass is 601 g/mol. The number of ketones is 1. The Hall–Kier alpha value is -3.17. The summed E-state index contributed by atoms with van der Waals surface area (Å²) < 4.78 is 0. The molecule has 7 heteroatoms. The third kappa shape index (κ3) is 5.66. The van der Waals surface area contributed by atoms with Crippen molar-refractivity contribution in [1.82, 2.24) is 0 Å². The second-order valence-electron chi connectivity index (χ2n) is 11.8. The summed E-state index contributed by atoms with van der Waals surface area (Å²) in [6.07, 6.45) is 1.10. The van der Waals surface area contributed by atoms with Crippen LogP contribution in [0.2, 0.25) is 10.0 Å². The molecule has 0 fully saturated rings. The van der Waals surface area contributed by atoms with Gasteiger partial charge in [-0.1, -0.05) is 66.9 Å². The predicted molar refractivity (Wildman–Crippen MR) is 170 cm³/mol. The first-order valence-corrected chi connectivity index (χ1v) is 15.3. The highest BCUT2D eigenvalue weighted by molar-refractivity contribution is 7.98. The SMILES string of the molecule is Cc1ccc(N2C(N)=C(C#N)C(c3cc(CSc4cc(Cl)ccc4Cl)c(C)cc3C)C3=C2CC(C)(C)CC3=O)cc1. The number of thioether (sulfide) groups is 1. The Labute approximate surface area is 256 Å². The average molecular weight is 603 g/mol. The number of carbonyl (C=O) groups excluding carboxylic acids is 1. The average Bonchev–Trinajstić information content (AvgIpc) is 2.89. The zero-order chi connectivity index (χ0) is 29.6. The number of anilines is 1. The molecular formula is C34H33Cl2N3OS. The second kappa shape index (κ2) is 11.2. The molecule has 0 aromatic heterocycles. The Kier molecular flexibility index (Phi) is 8.05. The van der Waals surface area contributed by atoms with E-state index in [1.807, 2.05) is 49.1 Å². The van der Waals surface area contributed by atoms with Crippen molar-refractivity contribution in [3.63, 3.8) is 0 Å². The Morgan fingerprint density at radius 3 is 2.41 bits per heavy atom. The van der Waals surface area contributed by atoms with Gasteiger partial charge in [0, 0.05) is 39.0 Å².